The van der Waals surface area contributed by atoms with Crippen molar-refractivity contribution in [2.45, 2.75) is 26.4 Å². The number of aromatic nitrogens is 2. The van der Waals surface area contributed by atoms with Gasteiger partial charge in [0.1, 0.15) is 5.82 Å². The Morgan fingerprint density at radius 3 is 2.30 bits per heavy atom. The summed E-state index contributed by atoms with van der Waals surface area (Å²) >= 11 is 0. The summed E-state index contributed by atoms with van der Waals surface area (Å²) in [5.74, 6) is 0.336. The van der Waals surface area contributed by atoms with Gasteiger partial charge in [-0.1, -0.05) is 13.8 Å². The van der Waals surface area contributed by atoms with E-state index in [0.29, 0.717) is 12.0 Å². The van der Waals surface area contributed by atoms with E-state index in [2.05, 4.69) is 29.1 Å². The molecule has 1 aromatic carbocycles. The molecule has 106 valence electrons. The Morgan fingerprint density at radius 2 is 1.75 bits per heavy atom. The van der Waals surface area contributed by atoms with Crippen molar-refractivity contribution >= 4 is 11.6 Å². The zero-order valence-corrected chi connectivity index (χ0v) is 12.0. The van der Waals surface area contributed by atoms with Crippen molar-refractivity contribution in [2.24, 2.45) is 0 Å². The van der Waals surface area contributed by atoms with Gasteiger partial charge in [-0.05, 0) is 24.3 Å². The van der Waals surface area contributed by atoms with Crippen LogP contribution in [0, 0.1) is 5.82 Å². The van der Waals surface area contributed by atoms with Gasteiger partial charge in [-0.25, -0.2) is 14.4 Å². The lowest BCUT2D eigenvalue weighted by molar-refractivity contribution is 0.587. The fourth-order valence-corrected chi connectivity index (χ4v) is 1.71. The fraction of sp³-hybridized carbons (Fsp3) is 0.333. The van der Waals surface area contributed by atoms with Crippen LogP contribution in [0.25, 0.3) is 0 Å². The Balaban J connectivity index is 2.07. The third-order valence-corrected chi connectivity index (χ3v) is 2.92. The third-order valence-electron chi connectivity index (χ3n) is 2.92. The van der Waals surface area contributed by atoms with E-state index in [0.717, 1.165) is 17.8 Å². The first-order valence-electron chi connectivity index (χ1n) is 6.60. The van der Waals surface area contributed by atoms with Crippen LogP contribution in [-0.2, 0) is 6.54 Å². The zero-order chi connectivity index (χ0) is 14.5. The summed E-state index contributed by atoms with van der Waals surface area (Å²) < 4.78 is 12.9. The molecule has 0 bridgehead atoms. The molecule has 0 fully saturated rings. The summed E-state index contributed by atoms with van der Waals surface area (Å²) in [7, 11) is 1.86. The quantitative estimate of drug-likeness (QED) is 0.910. The summed E-state index contributed by atoms with van der Waals surface area (Å²) in [6.07, 6.45) is 3.61. The minimum absolute atomic E-state index is 0.252. The maximum Gasteiger partial charge on any atom is 0.229 e. The van der Waals surface area contributed by atoms with E-state index < -0.39 is 0 Å². The Hall–Kier alpha value is -2.01. The number of benzene rings is 1. The molecule has 0 atom stereocenters. The van der Waals surface area contributed by atoms with Gasteiger partial charge in [0.2, 0.25) is 5.95 Å². The molecule has 0 unspecified atom stereocenters. The number of hydrogen-bond donors (Lipinski definition) is 1. The largest absolute Gasteiger partial charge is 0.314 e. The smallest absolute Gasteiger partial charge is 0.229 e. The van der Waals surface area contributed by atoms with Crippen molar-refractivity contribution in [3.63, 3.8) is 0 Å². The van der Waals surface area contributed by atoms with Gasteiger partial charge in [-0.2, -0.15) is 0 Å². The first kappa shape index (κ1) is 14.4. The monoisotopic (exact) mass is 274 g/mol. The molecule has 2 aromatic rings. The number of nitrogens with one attached hydrogen (secondary N) is 1. The van der Waals surface area contributed by atoms with E-state index in [-0.39, 0.29) is 5.82 Å². The lowest BCUT2D eigenvalue weighted by Crippen LogP contribution is -2.22. The summed E-state index contributed by atoms with van der Waals surface area (Å²) in [5.41, 5.74) is 1.88. The van der Waals surface area contributed by atoms with E-state index in [4.69, 9.17) is 0 Å². The Morgan fingerprint density at radius 1 is 1.15 bits per heavy atom. The van der Waals surface area contributed by atoms with Crippen LogP contribution in [0.5, 0.6) is 0 Å². The molecule has 5 heteroatoms. The molecule has 0 aliphatic heterocycles. The molecule has 0 radical (unpaired) electrons. The summed E-state index contributed by atoms with van der Waals surface area (Å²) in [4.78, 5) is 10.5. The number of rotatable bonds is 5. The van der Waals surface area contributed by atoms with E-state index >= 15 is 0 Å². The molecule has 0 amide bonds. The molecule has 1 heterocycles. The van der Waals surface area contributed by atoms with Crippen molar-refractivity contribution < 1.29 is 4.39 Å². The predicted molar refractivity (Wildman–Crippen MR) is 78.5 cm³/mol. The van der Waals surface area contributed by atoms with Gasteiger partial charge in [0.05, 0.1) is 0 Å². The van der Waals surface area contributed by atoms with Crippen molar-refractivity contribution in [1.82, 2.24) is 15.3 Å². The molecule has 1 aromatic heterocycles. The summed E-state index contributed by atoms with van der Waals surface area (Å²) in [6, 6.07) is 6.68. The average molecular weight is 274 g/mol. The van der Waals surface area contributed by atoms with Gasteiger partial charge >= 0.3 is 0 Å². The van der Waals surface area contributed by atoms with Gasteiger partial charge < -0.3 is 10.2 Å². The Kier molecular flexibility index (Phi) is 4.63. The minimum atomic E-state index is -0.252. The van der Waals surface area contributed by atoms with Gasteiger partial charge in [0.15, 0.2) is 0 Å². The molecule has 0 aliphatic rings. The second kappa shape index (κ2) is 6.43. The van der Waals surface area contributed by atoms with Crippen molar-refractivity contribution in [3.05, 3.63) is 48.0 Å². The van der Waals surface area contributed by atoms with Crippen LogP contribution >= 0.6 is 0 Å². The summed E-state index contributed by atoms with van der Waals surface area (Å²) in [6.45, 7) is 4.94. The van der Waals surface area contributed by atoms with E-state index in [1.165, 1.54) is 12.1 Å². The van der Waals surface area contributed by atoms with Crippen LogP contribution < -0.4 is 10.2 Å². The second-order valence-corrected chi connectivity index (χ2v) is 4.96. The fourth-order valence-electron chi connectivity index (χ4n) is 1.71. The minimum Gasteiger partial charge on any atom is -0.314 e. The van der Waals surface area contributed by atoms with Crippen molar-refractivity contribution in [1.29, 1.82) is 0 Å². The molecule has 0 spiro atoms. The average Bonchev–Trinajstić information content (AvgIpc) is 2.46. The Labute approximate surface area is 118 Å². The van der Waals surface area contributed by atoms with Crippen LogP contribution in [-0.4, -0.2) is 23.1 Å². The SMILES string of the molecule is CC(C)NCc1cnc(N(C)c2ccc(F)cc2)nc1. The Bertz CT molecular complexity index is 537. The van der Waals surface area contributed by atoms with Crippen LogP contribution in [0.1, 0.15) is 19.4 Å². The lowest BCUT2D eigenvalue weighted by atomic mass is 10.3. The highest BCUT2D eigenvalue weighted by Crippen LogP contribution is 2.19. The van der Waals surface area contributed by atoms with Crippen LogP contribution in [0.2, 0.25) is 0 Å². The first-order valence-corrected chi connectivity index (χ1v) is 6.60. The van der Waals surface area contributed by atoms with Gasteiger partial charge in [-0.15, -0.1) is 0 Å². The van der Waals surface area contributed by atoms with Gasteiger partial charge in [0, 0.05) is 43.3 Å². The van der Waals surface area contributed by atoms with E-state index in [9.17, 15) is 4.39 Å². The number of halogens is 1. The van der Waals surface area contributed by atoms with E-state index in [1.54, 1.807) is 24.5 Å². The number of hydrogen-bond acceptors (Lipinski definition) is 4. The first-order chi connectivity index (χ1) is 9.56. The number of nitrogens with zero attached hydrogens (tertiary/aromatic N) is 3. The molecule has 4 nitrogen and oxygen atoms in total. The lowest BCUT2D eigenvalue weighted by Gasteiger charge is -2.17. The standard InChI is InChI=1S/C15H19FN4/c1-11(2)17-8-12-9-18-15(19-10-12)20(3)14-6-4-13(16)5-7-14/h4-7,9-11,17H,8H2,1-3H3. The molecule has 0 aliphatic carbocycles. The molecular formula is C15H19FN4. The third kappa shape index (κ3) is 3.74. The normalized spacial score (nSPS) is 10.8. The highest BCUT2D eigenvalue weighted by atomic mass is 19.1. The second-order valence-electron chi connectivity index (χ2n) is 4.96. The molecule has 20 heavy (non-hydrogen) atoms. The van der Waals surface area contributed by atoms with Gasteiger partial charge in [0.25, 0.3) is 0 Å². The molecule has 2 rings (SSSR count). The van der Waals surface area contributed by atoms with Crippen molar-refractivity contribution in [2.75, 3.05) is 11.9 Å². The topological polar surface area (TPSA) is 41.1 Å². The molecule has 0 saturated carbocycles. The maximum atomic E-state index is 12.9. The molecule has 1 N–H and O–H groups in total. The van der Waals surface area contributed by atoms with Crippen molar-refractivity contribution in [3.8, 4) is 0 Å². The molecular weight excluding hydrogens is 255 g/mol. The maximum absolute atomic E-state index is 12.9. The summed E-state index contributed by atoms with van der Waals surface area (Å²) in [5, 5.41) is 3.31. The van der Waals surface area contributed by atoms with Gasteiger partial charge in [-0.3, -0.25) is 0 Å². The highest BCUT2D eigenvalue weighted by Gasteiger charge is 2.07. The van der Waals surface area contributed by atoms with Crippen LogP contribution in [0.15, 0.2) is 36.7 Å². The highest BCUT2D eigenvalue weighted by molar-refractivity contribution is 5.55. The number of anilines is 2. The predicted octanol–water partition coefficient (Wildman–Crippen LogP) is 2.88. The zero-order valence-electron chi connectivity index (χ0n) is 12.0. The van der Waals surface area contributed by atoms with Crippen LogP contribution in [0.4, 0.5) is 16.0 Å². The molecule has 0 saturated heterocycles. The van der Waals surface area contributed by atoms with Crippen LogP contribution in [0.3, 0.4) is 0 Å². The van der Waals surface area contributed by atoms with E-state index in [1.807, 2.05) is 11.9 Å².